The van der Waals surface area contributed by atoms with Crippen molar-refractivity contribution in [3.05, 3.63) is 81.3 Å². The van der Waals surface area contributed by atoms with Crippen LogP contribution in [0.15, 0.2) is 60.0 Å². The number of aliphatic carboxylic acids is 1. The molecule has 0 aliphatic carbocycles. The fourth-order valence-electron chi connectivity index (χ4n) is 3.80. The minimum Gasteiger partial charge on any atom is -0.480 e. The number of carbonyl (C=O) groups is 2. The number of amides is 1. The summed E-state index contributed by atoms with van der Waals surface area (Å²) in [6.45, 7) is 3.84. The molecule has 4 aromatic rings. The lowest BCUT2D eigenvalue weighted by atomic mass is 10.0. The van der Waals surface area contributed by atoms with E-state index in [-0.39, 0.29) is 5.92 Å². The average molecular weight is 482 g/mol. The number of halogens is 1. The van der Waals surface area contributed by atoms with Crippen molar-refractivity contribution in [3.8, 4) is 5.69 Å². The summed E-state index contributed by atoms with van der Waals surface area (Å²) < 4.78 is 2.01. The zero-order chi connectivity index (χ0) is 23.5. The fourth-order valence-corrected chi connectivity index (χ4v) is 4.72. The molecule has 170 valence electrons. The number of rotatable bonds is 8. The number of carbonyl (C=O) groups excluding carboxylic acids is 1. The largest absolute Gasteiger partial charge is 0.480 e. The van der Waals surface area contributed by atoms with Crippen molar-refractivity contribution in [3.63, 3.8) is 0 Å². The zero-order valence-electron chi connectivity index (χ0n) is 18.3. The predicted octanol–water partition coefficient (Wildman–Crippen LogP) is 5.56. The molecule has 1 atom stereocenters. The summed E-state index contributed by atoms with van der Waals surface area (Å²) in [4.78, 5) is 30.4. The summed E-state index contributed by atoms with van der Waals surface area (Å²) in [5.41, 5.74) is 2.64. The number of hydrogen-bond acceptors (Lipinski definition) is 4. The zero-order valence-corrected chi connectivity index (χ0v) is 19.9. The van der Waals surface area contributed by atoms with Gasteiger partial charge in [-0.15, -0.1) is 11.3 Å². The van der Waals surface area contributed by atoms with E-state index in [1.165, 1.54) is 0 Å². The van der Waals surface area contributed by atoms with Crippen LogP contribution in [0.1, 0.15) is 41.3 Å². The number of thiophene rings is 1. The van der Waals surface area contributed by atoms with Crippen molar-refractivity contribution < 1.29 is 14.7 Å². The van der Waals surface area contributed by atoms with E-state index in [1.54, 1.807) is 23.5 Å². The summed E-state index contributed by atoms with van der Waals surface area (Å²) in [5.74, 6) is -0.530. The first-order valence-electron chi connectivity index (χ1n) is 10.7. The molecule has 0 radical (unpaired) electrons. The molecule has 8 heteroatoms. The molecule has 2 N–H and O–H groups in total. The van der Waals surface area contributed by atoms with Gasteiger partial charge in [0.15, 0.2) is 0 Å². The van der Waals surface area contributed by atoms with Crippen molar-refractivity contribution in [2.24, 2.45) is 5.92 Å². The molecule has 0 aliphatic rings. The Morgan fingerprint density at radius 2 is 1.94 bits per heavy atom. The van der Waals surface area contributed by atoms with E-state index >= 15 is 0 Å². The maximum Gasteiger partial charge on any atom is 0.326 e. The number of hydrogen-bond donors (Lipinski definition) is 2. The molecule has 0 spiro atoms. The van der Waals surface area contributed by atoms with Gasteiger partial charge in [0, 0.05) is 16.9 Å². The maximum absolute atomic E-state index is 12.8. The summed E-state index contributed by atoms with van der Waals surface area (Å²) in [6, 6.07) is 15.9. The van der Waals surface area contributed by atoms with Gasteiger partial charge in [0.2, 0.25) is 0 Å². The molecule has 2 aromatic heterocycles. The Labute approximate surface area is 200 Å². The van der Waals surface area contributed by atoms with Gasteiger partial charge >= 0.3 is 5.97 Å². The smallest absolute Gasteiger partial charge is 0.326 e. The number of fused-ring (bicyclic) bond motifs is 1. The molecule has 6 nitrogen and oxygen atoms in total. The van der Waals surface area contributed by atoms with Crippen LogP contribution in [0, 0.1) is 5.92 Å². The normalized spacial score (nSPS) is 12.2. The summed E-state index contributed by atoms with van der Waals surface area (Å²) in [6.07, 6.45) is 0.976. The van der Waals surface area contributed by atoms with E-state index in [2.05, 4.69) is 11.4 Å². The first-order valence-corrected chi connectivity index (χ1v) is 11.9. The molecule has 0 saturated heterocycles. The van der Waals surface area contributed by atoms with Crippen LogP contribution >= 0.6 is 22.9 Å². The molecule has 0 fully saturated rings. The summed E-state index contributed by atoms with van der Waals surface area (Å²) in [5, 5.41) is 14.7. The number of nitrogens with one attached hydrogen (secondary N) is 1. The van der Waals surface area contributed by atoms with Crippen LogP contribution in [0.4, 0.5) is 0 Å². The van der Waals surface area contributed by atoms with Crippen LogP contribution in [0.5, 0.6) is 0 Å². The Morgan fingerprint density at radius 1 is 1.15 bits per heavy atom. The van der Waals surface area contributed by atoms with Gasteiger partial charge in [0.05, 0.1) is 21.7 Å². The number of carboxylic acid groups (broad SMARTS) is 1. The number of imidazole rings is 1. The van der Waals surface area contributed by atoms with Gasteiger partial charge in [0.1, 0.15) is 11.9 Å². The standard InChI is InChI=1S/C25H24ClN3O3S/c1-15(2)12-20(25(31)32)28-24(30)16-9-10-22-19(13-16)27-23(14-17-6-5-11-33-17)29(22)21-8-4-3-7-18(21)26/h3-11,13,15,20H,12,14H2,1-2H3,(H,28,30)(H,31,32)/t20-/m0/s1. The van der Waals surface area contributed by atoms with Gasteiger partial charge in [-0.05, 0) is 54.1 Å². The molecule has 0 bridgehead atoms. The molecule has 4 rings (SSSR count). The van der Waals surface area contributed by atoms with Gasteiger partial charge in [-0.25, -0.2) is 9.78 Å². The molecule has 0 saturated carbocycles. The van der Waals surface area contributed by atoms with E-state index < -0.39 is 17.9 Å². The van der Waals surface area contributed by atoms with Crippen molar-refractivity contribution in [1.82, 2.24) is 14.9 Å². The molecule has 2 aromatic carbocycles. The highest BCUT2D eigenvalue weighted by atomic mass is 35.5. The Bertz CT molecular complexity index is 1300. The third kappa shape index (κ3) is 5.10. The lowest BCUT2D eigenvalue weighted by molar-refractivity contribution is -0.139. The predicted molar refractivity (Wildman–Crippen MR) is 132 cm³/mol. The minimum absolute atomic E-state index is 0.139. The van der Waals surface area contributed by atoms with E-state index in [4.69, 9.17) is 16.6 Å². The number of nitrogens with zero attached hydrogens (tertiary/aromatic N) is 2. The molecule has 33 heavy (non-hydrogen) atoms. The van der Waals surface area contributed by atoms with Crippen LogP contribution in [0.2, 0.25) is 5.02 Å². The second-order valence-corrected chi connectivity index (χ2v) is 9.71. The van der Waals surface area contributed by atoms with Crippen molar-refractivity contribution in [2.45, 2.75) is 32.7 Å². The van der Waals surface area contributed by atoms with Gasteiger partial charge in [0.25, 0.3) is 5.91 Å². The third-order valence-electron chi connectivity index (χ3n) is 5.30. The van der Waals surface area contributed by atoms with Crippen LogP contribution in [-0.2, 0) is 11.2 Å². The first kappa shape index (κ1) is 23.0. The Balaban J connectivity index is 1.74. The molecule has 1 amide bonds. The van der Waals surface area contributed by atoms with Gasteiger partial charge in [-0.1, -0.05) is 43.6 Å². The summed E-state index contributed by atoms with van der Waals surface area (Å²) >= 11 is 8.17. The number of benzene rings is 2. The molecule has 0 aliphatic heterocycles. The monoisotopic (exact) mass is 481 g/mol. The molecule has 0 unspecified atom stereocenters. The minimum atomic E-state index is -1.04. The Kier molecular flexibility index (Phi) is 6.81. The van der Waals surface area contributed by atoms with Gasteiger partial charge in [-0.2, -0.15) is 0 Å². The van der Waals surface area contributed by atoms with E-state index in [0.717, 1.165) is 21.9 Å². The second kappa shape index (κ2) is 9.77. The number of aromatic nitrogens is 2. The van der Waals surface area contributed by atoms with Crippen molar-refractivity contribution >= 4 is 45.8 Å². The summed E-state index contributed by atoms with van der Waals surface area (Å²) in [7, 11) is 0. The second-order valence-electron chi connectivity index (χ2n) is 8.27. The number of para-hydroxylation sites is 1. The third-order valence-corrected chi connectivity index (χ3v) is 6.50. The van der Waals surface area contributed by atoms with Gasteiger partial charge < -0.3 is 10.4 Å². The maximum atomic E-state index is 12.8. The van der Waals surface area contributed by atoms with Crippen molar-refractivity contribution in [2.75, 3.05) is 0 Å². The van der Waals surface area contributed by atoms with E-state index in [1.807, 2.05) is 60.2 Å². The molecular formula is C25H24ClN3O3S. The van der Waals surface area contributed by atoms with Crippen molar-refractivity contribution in [1.29, 1.82) is 0 Å². The fraction of sp³-hybridized carbons (Fsp3) is 0.240. The highest BCUT2D eigenvalue weighted by Crippen LogP contribution is 2.29. The SMILES string of the molecule is CC(C)C[C@H](NC(=O)c1ccc2c(c1)nc(Cc1cccs1)n2-c1ccccc1Cl)C(=O)O. The lowest BCUT2D eigenvalue weighted by Gasteiger charge is -2.16. The van der Waals surface area contributed by atoms with Crippen LogP contribution in [0.3, 0.4) is 0 Å². The van der Waals surface area contributed by atoms with Gasteiger partial charge in [-0.3, -0.25) is 9.36 Å². The Hall–Kier alpha value is -3.16. The Morgan fingerprint density at radius 3 is 2.61 bits per heavy atom. The lowest BCUT2D eigenvalue weighted by Crippen LogP contribution is -2.41. The van der Waals surface area contributed by atoms with Crippen LogP contribution < -0.4 is 5.32 Å². The highest BCUT2D eigenvalue weighted by Gasteiger charge is 2.23. The number of carboxylic acids is 1. The molecule has 2 heterocycles. The first-order chi connectivity index (χ1) is 15.8. The van der Waals surface area contributed by atoms with E-state index in [9.17, 15) is 14.7 Å². The average Bonchev–Trinajstić information content (AvgIpc) is 3.40. The molecular weight excluding hydrogens is 458 g/mol. The topological polar surface area (TPSA) is 84.2 Å². The van der Waals surface area contributed by atoms with Crippen LogP contribution in [0.25, 0.3) is 16.7 Å². The highest BCUT2D eigenvalue weighted by molar-refractivity contribution is 7.09. The quantitative estimate of drug-likeness (QED) is 0.345. The van der Waals surface area contributed by atoms with Crippen LogP contribution in [-0.4, -0.2) is 32.6 Å². The van der Waals surface area contributed by atoms with E-state index in [0.29, 0.717) is 28.9 Å².